The molecule has 0 radical (unpaired) electrons. The highest BCUT2D eigenvalue weighted by atomic mass is 35.5. The minimum atomic E-state index is -4.87. The minimum absolute atomic E-state index is 0.0423. The Morgan fingerprint density at radius 1 is 1.13 bits per heavy atom. The maximum absolute atomic E-state index is 14.9. The summed E-state index contributed by atoms with van der Waals surface area (Å²) in [5.41, 5.74) is 5.80. The summed E-state index contributed by atoms with van der Waals surface area (Å²) >= 11 is 13.1. The molecule has 0 aliphatic carbocycles. The Labute approximate surface area is 266 Å². The summed E-state index contributed by atoms with van der Waals surface area (Å²) in [6.45, 7) is 2.99. The second kappa shape index (κ2) is 13.2. The van der Waals surface area contributed by atoms with Crippen molar-refractivity contribution in [2.75, 3.05) is 13.2 Å². The lowest BCUT2D eigenvalue weighted by Gasteiger charge is -2.26. The maximum Gasteiger partial charge on any atom is 0.418 e. The summed E-state index contributed by atoms with van der Waals surface area (Å²) in [6, 6.07) is 3.06. The number of benzene rings is 2. The lowest BCUT2D eigenvalue weighted by Crippen LogP contribution is -2.37. The Kier molecular flexibility index (Phi) is 9.74. The van der Waals surface area contributed by atoms with Crippen molar-refractivity contribution in [1.82, 2.24) is 29.5 Å². The van der Waals surface area contributed by atoms with Gasteiger partial charge in [-0.3, -0.25) is 4.68 Å². The molecule has 5 rings (SSSR count). The van der Waals surface area contributed by atoms with E-state index in [0.29, 0.717) is 17.4 Å². The number of fused-ring (bicyclic) bond motifs is 1. The first-order valence-corrected chi connectivity index (χ1v) is 14.8. The SMILES string of the molecule is CCOCC(N)OC(c1nc(C)nn1-c1cc(Cl)c(Cl)cc1C(F)(F)F)[C@@H](O)Cn1cc(-c2cc3scnc3c(F)c2F)cn1. The van der Waals surface area contributed by atoms with E-state index in [9.17, 15) is 27.1 Å². The third-order valence-corrected chi connectivity index (χ3v) is 8.05. The zero-order chi connectivity index (χ0) is 32.6. The summed E-state index contributed by atoms with van der Waals surface area (Å²) in [5, 5.41) is 19.2. The van der Waals surface area contributed by atoms with Gasteiger partial charge in [-0.15, -0.1) is 11.3 Å². The lowest BCUT2D eigenvalue weighted by molar-refractivity contribution is -0.137. The monoisotopic (exact) mass is 691 g/mol. The van der Waals surface area contributed by atoms with Crippen LogP contribution in [0.25, 0.3) is 27.0 Å². The summed E-state index contributed by atoms with van der Waals surface area (Å²) in [6.07, 6.45) is -6.44. The number of aliphatic hydroxyl groups is 1. The van der Waals surface area contributed by atoms with Crippen molar-refractivity contribution in [3.8, 4) is 16.8 Å². The van der Waals surface area contributed by atoms with Gasteiger partial charge in [0.1, 0.15) is 29.8 Å². The highest BCUT2D eigenvalue weighted by Gasteiger charge is 2.38. The van der Waals surface area contributed by atoms with Crippen LogP contribution in [0.1, 0.15) is 30.2 Å². The smallest absolute Gasteiger partial charge is 0.388 e. The number of nitrogens with zero attached hydrogens (tertiary/aromatic N) is 6. The number of hydrogen-bond acceptors (Lipinski definition) is 9. The Morgan fingerprint density at radius 3 is 2.58 bits per heavy atom. The molecule has 0 fully saturated rings. The van der Waals surface area contributed by atoms with Crippen LogP contribution in [0.3, 0.4) is 0 Å². The van der Waals surface area contributed by atoms with Crippen molar-refractivity contribution < 1.29 is 36.5 Å². The molecule has 45 heavy (non-hydrogen) atoms. The normalized spacial score (nSPS) is 14.3. The number of nitrogens with two attached hydrogens (primary N) is 1. The molecule has 5 aromatic rings. The number of rotatable bonds is 11. The van der Waals surface area contributed by atoms with E-state index in [1.165, 1.54) is 35.6 Å². The Morgan fingerprint density at radius 2 is 1.87 bits per heavy atom. The number of aromatic nitrogens is 6. The fourth-order valence-electron chi connectivity index (χ4n) is 4.56. The van der Waals surface area contributed by atoms with Crippen LogP contribution in [0, 0.1) is 18.6 Å². The first-order valence-electron chi connectivity index (χ1n) is 13.2. The molecule has 0 bridgehead atoms. The zero-order valence-electron chi connectivity index (χ0n) is 23.4. The molecule has 3 heterocycles. The van der Waals surface area contributed by atoms with Crippen LogP contribution in [0.2, 0.25) is 10.0 Å². The Bertz CT molecular complexity index is 1830. The average Bonchev–Trinajstić information content (AvgIpc) is 3.73. The number of thiazole rings is 1. The van der Waals surface area contributed by atoms with Gasteiger partial charge in [0.05, 0.1) is 50.9 Å². The average molecular weight is 692 g/mol. The third-order valence-electron chi connectivity index (χ3n) is 6.55. The molecule has 0 spiro atoms. The molecule has 3 N–H and O–H groups in total. The fourth-order valence-corrected chi connectivity index (χ4v) is 5.59. The topological polar surface area (TPSA) is 126 Å². The minimum Gasteiger partial charge on any atom is -0.388 e. The number of ether oxygens (including phenoxy) is 2. The second-order valence-corrected chi connectivity index (χ2v) is 11.4. The van der Waals surface area contributed by atoms with Gasteiger partial charge in [0.2, 0.25) is 0 Å². The summed E-state index contributed by atoms with van der Waals surface area (Å²) in [5.74, 6) is -2.43. The molecule has 2 aromatic carbocycles. The van der Waals surface area contributed by atoms with Crippen molar-refractivity contribution in [2.24, 2.45) is 5.73 Å². The van der Waals surface area contributed by atoms with E-state index in [4.69, 9.17) is 38.4 Å². The van der Waals surface area contributed by atoms with Crippen LogP contribution in [0.4, 0.5) is 22.0 Å². The van der Waals surface area contributed by atoms with E-state index in [1.54, 1.807) is 6.92 Å². The fraction of sp³-hybridized carbons (Fsp3) is 0.333. The quantitative estimate of drug-likeness (QED) is 0.126. The number of hydrogen-bond donors (Lipinski definition) is 2. The molecule has 3 aromatic heterocycles. The van der Waals surface area contributed by atoms with Crippen molar-refractivity contribution in [2.45, 2.75) is 45.0 Å². The van der Waals surface area contributed by atoms with E-state index >= 15 is 0 Å². The zero-order valence-corrected chi connectivity index (χ0v) is 25.7. The van der Waals surface area contributed by atoms with Gasteiger partial charge in [-0.05, 0) is 32.0 Å². The van der Waals surface area contributed by atoms with E-state index in [2.05, 4.69) is 20.2 Å². The van der Waals surface area contributed by atoms with Crippen molar-refractivity contribution in [1.29, 1.82) is 0 Å². The van der Waals surface area contributed by atoms with Gasteiger partial charge in [-0.25, -0.2) is 23.4 Å². The van der Waals surface area contributed by atoms with E-state index in [0.717, 1.165) is 22.1 Å². The summed E-state index contributed by atoms with van der Waals surface area (Å²) in [4.78, 5) is 8.09. The Hall–Kier alpha value is -3.25. The number of aryl methyl sites for hydroxylation is 1. The molecule has 0 saturated carbocycles. The summed E-state index contributed by atoms with van der Waals surface area (Å²) in [7, 11) is 0. The first kappa shape index (κ1) is 33.1. The van der Waals surface area contributed by atoms with E-state index in [-0.39, 0.29) is 51.5 Å². The van der Waals surface area contributed by atoms with Crippen molar-refractivity contribution >= 4 is 44.8 Å². The molecule has 18 heteroatoms. The highest BCUT2D eigenvalue weighted by Crippen LogP contribution is 2.40. The molecular weight excluding hydrogens is 668 g/mol. The number of alkyl halides is 3. The van der Waals surface area contributed by atoms with Crippen LogP contribution in [0.15, 0.2) is 36.1 Å². The van der Waals surface area contributed by atoms with Crippen LogP contribution in [-0.2, 0) is 22.2 Å². The molecular formula is C27H24Cl2F5N7O3S. The van der Waals surface area contributed by atoms with Gasteiger partial charge in [0.25, 0.3) is 0 Å². The summed E-state index contributed by atoms with van der Waals surface area (Å²) < 4.78 is 85.4. The largest absolute Gasteiger partial charge is 0.418 e. The first-order chi connectivity index (χ1) is 21.3. The molecule has 2 unspecified atom stereocenters. The molecule has 0 aliphatic rings. The third kappa shape index (κ3) is 6.96. The van der Waals surface area contributed by atoms with Gasteiger partial charge >= 0.3 is 6.18 Å². The standard InChI is InChI=1S/C27H24Cl2F5N7O3S/c1-3-43-10-21(35)44-25(26-38-12(2)39-41(26)18-6-17(29)16(28)5-15(18)27(32,33)34)19(42)9-40-8-13(7-37-40)14-4-20-24(36-11-45-20)23(31)22(14)30/h4-8,11,19,21,25,42H,3,9-10,35H2,1-2H3/t19-,21?,25?/m0/s1. The number of halogens is 7. The maximum atomic E-state index is 14.9. The Balaban J connectivity index is 1.53. The lowest BCUT2D eigenvalue weighted by atomic mass is 10.1. The van der Waals surface area contributed by atoms with E-state index < -0.39 is 47.5 Å². The van der Waals surface area contributed by atoms with Crippen molar-refractivity contribution in [3.63, 3.8) is 0 Å². The molecule has 0 saturated heterocycles. The van der Waals surface area contributed by atoms with E-state index in [1.807, 2.05) is 0 Å². The predicted molar refractivity (Wildman–Crippen MR) is 156 cm³/mol. The van der Waals surface area contributed by atoms with Gasteiger partial charge < -0.3 is 20.3 Å². The highest BCUT2D eigenvalue weighted by molar-refractivity contribution is 7.16. The van der Waals surface area contributed by atoms with Crippen LogP contribution in [0.5, 0.6) is 0 Å². The van der Waals surface area contributed by atoms with Crippen molar-refractivity contribution in [3.05, 3.63) is 75.0 Å². The molecule has 10 nitrogen and oxygen atoms in total. The van der Waals surface area contributed by atoms with Crippen LogP contribution in [-0.4, -0.2) is 60.2 Å². The van der Waals surface area contributed by atoms with Gasteiger partial charge in [0.15, 0.2) is 17.5 Å². The molecule has 0 aliphatic heterocycles. The molecule has 240 valence electrons. The predicted octanol–water partition coefficient (Wildman–Crippen LogP) is 6.09. The molecule has 0 amide bonds. The van der Waals surface area contributed by atoms with Gasteiger partial charge in [-0.1, -0.05) is 23.2 Å². The van der Waals surface area contributed by atoms with Gasteiger partial charge in [-0.2, -0.15) is 23.4 Å². The van der Waals surface area contributed by atoms with Gasteiger partial charge in [0, 0.05) is 23.9 Å². The van der Waals surface area contributed by atoms with Crippen LogP contribution < -0.4 is 5.73 Å². The van der Waals surface area contributed by atoms with Crippen LogP contribution >= 0.6 is 34.5 Å². The second-order valence-electron chi connectivity index (χ2n) is 9.73. The number of aliphatic hydroxyl groups excluding tert-OH is 1. The molecule has 3 atom stereocenters.